The van der Waals surface area contributed by atoms with Crippen LogP contribution in [-0.4, -0.2) is 67.7 Å². The summed E-state index contributed by atoms with van der Waals surface area (Å²) in [6, 6.07) is 4.77. The summed E-state index contributed by atoms with van der Waals surface area (Å²) in [7, 11) is -4.32. The van der Waals surface area contributed by atoms with Gasteiger partial charge in [-0.05, 0) is 45.0 Å². The summed E-state index contributed by atoms with van der Waals surface area (Å²) in [5.41, 5.74) is 9.38. The molecule has 0 saturated carbocycles. The van der Waals surface area contributed by atoms with Crippen molar-refractivity contribution in [3.05, 3.63) is 35.6 Å². The number of imidazole rings is 1. The fourth-order valence-corrected chi connectivity index (χ4v) is 5.56. The van der Waals surface area contributed by atoms with Gasteiger partial charge in [0.05, 0.1) is 19.5 Å². The van der Waals surface area contributed by atoms with Crippen molar-refractivity contribution < 1.29 is 37.4 Å². The first-order valence-electron chi connectivity index (χ1n) is 11.8. The number of nitrogen functional groups attached to an aromatic ring is 2. The first-order valence-corrected chi connectivity index (χ1v) is 13.7. The molecule has 6 N–H and O–H groups in total. The van der Waals surface area contributed by atoms with Gasteiger partial charge in [-0.3, -0.25) is 13.9 Å². The number of nitrogens with zero attached hydrogens (tertiary/aromatic N) is 4. The summed E-state index contributed by atoms with van der Waals surface area (Å²) in [6.07, 6.45) is -3.29. The number of fused-ring (bicyclic) bond motifs is 1. The molecular weight excluding hydrogens is 560 g/mol. The Morgan fingerprint density at radius 3 is 2.72 bits per heavy atom. The quantitative estimate of drug-likeness (QED) is 0.199. The van der Waals surface area contributed by atoms with Gasteiger partial charge in [0, 0.05) is 5.02 Å². The number of alkyl halides is 1. The van der Waals surface area contributed by atoms with E-state index in [4.69, 9.17) is 41.6 Å². The molecule has 39 heavy (non-hydrogen) atoms. The second-order valence-corrected chi connectivity index (χ2v) is 11.0. The highest BCUT2D eigenvalue weighted by atomic mass is 35.5. The zero-order chi connectivity index (χ0) is 28.5. The standard InChI is InChI=1S/C22H28ClFN7O7P/c1-4-35-19(33)11(2)30-39(34,38-13-7-5-12(23)6-8-13)36-9-14-16(32)22(3,24)20(37-14)31-10-27-15-17(25)28-21(26)29-18(15)31/h5-8,10-11,14,16,20,32H,4,9H2,1-3H3,(H,30,34)(H4,25,26,28,29)/t11?,14-,16-,20-,22-,39+/m1/s1. The molecular formula is C22H28ClFN7O7P. The van der Waals surface area contributed by atoms with Crippen LogP contribution in [0.2, 0.25) is 5.02 Å². The molecule has 4 rings (SSSR count). The Morgan fingerprint density at radius 1 is 1.36 bits per heavy atom. The topological polar surface area (TPSA) is 199 Å². The number of nitrogens with two attached hydrogens (primary N) is 2. The van der Waals surface area contributed by atoms with Gasteiger partial charge >= 0.3 is 13.7 Å². The summed E-state index contributed by atoms with van der Waals surface area (Å²) < 4.78 is 52.6. The summed E-state index contributed by atoms with van der Waals surface area (Å²) in [5.74, 6) is -0.783. The molecule has 6 atom stereocenters. The Kier molecular flexibility index (Phi) is 8.30. The van der Waals surface area contributed by atoms with Crippen molar-refractivity contribution in [2.75, 3.05) is 24.7 Å². The van der Waals surface area contributed by atoms with E-state index in [9.17, 15) is 14.5 Å². The normalized spacial score (nSPS) is 25.3. The molecule has 17 heteroatoms. The van der Waals surface area contributed by atoms with Crippen LogP contribution in [0.4, 0.5) is 16.2 Å². The van der Waals surface area contributed by atoms with Gasteiger partial charge in [0.15, 0.2) is 23.4 Å². The lowest BCUT2D eigenvalue weighted by atomic mass is 9.98. The zero-order valence-electron chi connectivity index (χ0n) is 21.2. The highest BCUT2D eigenvalue weighted by molar-refractivity contribution is 7.52. The van der Waals surface area contributed by atoms with Gasteiger partial charge in [-0.25, -0.2) is 13.9 Å². The lowest BCUT2D eigenvalue weighted by molar-refractivity contribution is -0.144. The summed E-state index contributed by atoms with van der Waals surface area (Å²) in [4.78, 5) is 24.1. The van der Waals surface area contributed by atoms with E-state index >= 15 is 4.39 Å². The number of halogens is 2. The van der Waals surface area contributed by atoms with E-state index in [1.807, 2.05) is 0 Å². The number of carbonyl (C=O) groups excluding carboxylic acids is 1. The van der Waals surface area contributed by atoms with Crippen molar-refractivity contribution in [2.24, 2.45) is 0 Å². The molecule has 1 aromatic carbocycles. The molecule has 3 heterocycles. The number of esters is 1. The molecule has 0 spiro atoms. The van der Waals surface area contributed by atoms with Crippen LogP contribution in [0.5, 0.6) is 5.75 Å². The highest BCUT2D eigenvalue weighted by Gasteiger charge is 2.56. The SMILES string of the molecule is CCOC(=O)C(C)N[P@](=O)(OC[C@H]1O[C@@H](n2cnc3c(N)nc(N)nc32)[C@](C)(F)[C@@H]1O)Oc1ccc(Cl)cc1. The predicted octanol–water partition coefficient (Wildman–Crippen LogP) is 2.38. The molecule has 1 fully saturated rings. The van der Waals surface area contributed by atoms with Crippen molar-refractivity contribution >= 4 is 48.2 Å². The Balaban J connectivity index is 1.56. The van der Waals surface area contributed by atoms with Crippen LogP contribution in [0.25, 0.3) is 11.2 Å². The van der Waals surface area contributed by atoms with E-state index in [0.29, 0.717) is 5.02 Å². The second-order valence-electron chi connectivity index (χ2n) is 8.86. The first-order chi connectivity index (χ1) is 18.3. The van der Waals surface area contributed by atoms with Crippen molar-refractivity contribution in [2.45, 2.75) is 50.9 Å². The number of anilines is 2. The minimum atomic E-state index is -4.32. The number of ether oxygens (including phenoxy) is 2. The Labute approximate surface area is 227 Å². The van der Waals surface area contributed by atoms with Crippen LogP contribution in [0.1, 0.15) is 27.0 Å². The molecule has 2 aromatic heterocycles. The molecule has 1 saturated heterocycles. The van der Waals surface area contributed by atoms with Crippen LogP contribution in [-0.2, 0) is 23.4 Å². The lowest BCUT2D eigenvalue weighted by Gasteiger charge is -2.25. The third-order valence-corrected chi connectivity index (χ3v) is 7.77. The van der Waals surface area contributed by atoms with Crippen molar-refractivity contribution in [3.63, 3.8) is 0 Å². The second kappa shape index (κ2) is 11.2. The summed E-state index contributed by atoms with van der Waals surface area (Å²) >= 11 is 5.90. The van der Waals surface area contributed by atoms with Gasteiger partial charge < -0.3 is 30.6 Å². The Hall–Kier alpha value is -3.07. The Morgan fingerprint density at radius 2 is 2.05 bits per heavy atom. The fraction of sp³-hybridized carbons (Fsp3) is 0.455. The molecule has 0 aliphatic carbocycles. The smallest absolute Gasteiger partial charge is 0.459 e. The number of rotatable bonds is 10. The number of hydrogen-bond acceptors (Lipinski definition) is 12. The molecule has 14 nitrogen and oxygen atoms in total. The number of aliphatic hydroxyl groups is 1. The van der Waals surface area contributed by atoms with Gasteiger partial charge in [-0.2, -0.15) is 15.1 Å². The highest BCUT2D eigenvalue weighted by Crippen LogP contribution is 2.48. The van der Waals surface area contributed by atoms with E-state index in [-0.39, 0.29) is 35.3 Å². The van der Waals surface area contributed by atoms with Crippen LogP contribution in [0.3, 0.4) is 0 Å². The zero-order valence-corrected chi connectivity index (χ0v) is 22.8. The fourth-order valence-electron chi connectivity index (χ4n) is 3.93. The van der Waals surface area contributed by atoms with E-state index in [0.717, 1.165) is 6.92 Å². The van der Waals surface area contributed by atoms with E-state index in [1.165, 1.54) is 42.1 Å². The number of benzene rings is 1. The van der Waals surface area contributed by atoms with Gasteiger partial charge in [-0.15, -0.1) is 0 Å². The van der Waals surface area contributed by atoms with Crippen LogP contribution in [0, 0.1) is 0 Å². The monoisotopic (exact) mass is 587 g/mol. The molecule has 1 unspecified atom stereocenters. The van der Waals surface area contributed by atoms with Crippen molar-refractivity contribution in [1.82, 2.24) is 24.6 Å². The van der Waals surface area contributed by atoms with E-state index in [2.05, 4.69) is 20.0 Å². The average Bonchev–Trinajstić information content (AvgIpc) is 3.37. The minimum Gasteiger partial charge on any atom is -0.465 e. The maximum atomic E-state index is 15.8. The molecule has 3 aromatic rings. The van der Waals surface area contributed by atoms with Gasteiger partial charge in [0.25, 0.3) is 0 Å². The average molecular weight is 588 g/mol. The van der Waals surface area contributed by atoms with Gasteiger partial charge in [0.2, 0.25) is 5.95 Å². The largest absolute Gasteiger partial charge is 0.465 e. The number of aliphatic hydroxyl groups excluding tert-OH is 1. The number of carbonyl (C=O) groups is 1. The van der Waals surface area contributed by atoms with E-state index < -0.39 is 50.5 Å². The van der Waals surface area contributed by atoms with Gasteiger partial charge in [-0.1, -0.05) is 11.6 Å². The van der Waals surface area contributed by atoms with Crippen molar-refractivity contribution in [3.8, 4) is 5.75 Å². The Bertz CT molecular complexity index is 1390. The maximum absolute atomic E-state index is 15.8. The van der Waals surface area contributed by atoms with Crippen LogP contribution in [0.15, 0.2) is 30.6 Å². The summed E-state index contributed by atoms with van der Waals surface area (Å²) in [5, 5.41) is 13.7. The third kappa shape index (κ3) is 6.08. The molecule has 0 amide bonds. The van der Waals surface area contributed by atoms with Crippen LogP contribution < -0.4 is 21.1 Å². The predicted molar refractivity (Wildman–Crippen MR) is 138 cm³/mol. The molecule has 1 aliphatic heterocycles. The van der Waals surface area contributed by atoms with Crippen LogP contribution >= 0.6 is 19.3 Å². The van der Waals surface area contributed by atoms with Gasteiger partial charge in [0.1, 0.15) is 29.5 Å². The number of hydrogen-bond donors (Lipinski definition) is 4. The number of nitrogens with one attached hydrogen (secondary N) is 1. The first kappa shape index (κ1) is 28.9. The minimum absolute atomic E-state index is 0.0164. The molecule has 0 radical (unpaired) electrons. The summed E-state index contributed by atoms with van der Waals surface area (Å²) in [6.45, 7) is 3.63. The third-order valence-electron chi connectivity index (χ3n) is 5.88. The molecule has 212 valence electrons. The lowest BCUT2D eigenvalue weighted by Crippen LogP contribution is -2.41. The molecule has 1 aliphatic rings. The maximum Gasteiger partial charge on any atom is 0.459 e. The molecule has 0 bridgehead atoms. The number of aromatic nitrogens is 4. The van der Waals surface area contributed by atoms with E-state index in [1.54, 1.807) is 6.92 Å². The van der Waals surface area contributed by atoms with Crippen molar-refractivity contribution in [1.29, 1.82) is 0 Å².